The molecule has 1 aromatic carbocycles. The lowest BCUT2D eigenvalue weighted by Crippen LogP contribution is -2.46. The van der Waals surface area contributed by atoms with Crippen molar-refractivity contribution in [2.24, 2.45) is 5.41 Å². The van der Waals surface area contributed by atoms with E-state index in [2.05, 4.69) is 20.6 Å². The third-order valence-electron chi connectivity index (χ3n) is 5.24. The van der Waals surface area contributed by atoms with Crippen LogP contribution in [-0.4, -0.2) is 51.7 Å². The molecule has 2 heterocycles. The first-order valence-corrected chi connectivity index (χ1v) is 10.4. The first-order chi connectivity index (χ1) is 14.6. The van der Waals surface area contributed by atoms with Crippen molar-refractivity contribution in [2.75, 3.05) is 18.4 Å². The van der Waals surface area contributed by atoms with Gasteiger partial charge in [-0.1, -0.05) is 38.5 Å². The third kappa shape index (κ3) is 5.65. The zero-order valence-electron chi connectivity index (χ0n) is 18.4. The SMILES string of the molecule is Cc1ccc(C(=O)N2CCC(NC(=O)c3nccnc3NC(=O)C(C)(C)C)CC2)cc1. The molecule has 3 rings (SSSR count). The van der Waals surface area contributed by atoms with Crippen molar-refractivity contribution >= 4 is 23.5 Å². The molecule has 3 amide bonds. The van der Waals surface area contributed by atoms with Crippen LogP contribution in [0.2, 0.25) is 0 Å². The molecule has 1 aromatic heterocycles. The molecule has 1 fully saturated rings. The fourth-order valence-electron chi connectivity index (χ4n) is 3.25. The monoisotopic (exact) mass is 423 g/mol. The molecule has 1 saturated heterocycles. The molecule has 2 N–H and O–H groups in total. The Morgan fingerprint density at radius 2 is 1.61 bits per heavy atom. The maximum atomic E-state index is 12.8. The highest BCUT2D eigenvalue weighted by Gasteiger charge is 2.28. The maximum Gasteiger partial charge on any atom is 0.273 e. The molecule has 0 saturated carbocycles. The van der Waals surface area contributed by atoms with Crippen molar-refractivity contribution in [3.8, 4) is 0 Å². The summed E-state index contributed by atoms with van der Waals surface area (Å²) in [6.07, 6.45) is 4.15. The summed E-state index contributed by atoms with van der Waals surface area (Å²) in [5.41, 5.74) is 1.24. The Hall–Kier alpha value is -3.29. The first-order valence-electron chi connectivity index (χ1n) is 10.4. The maximum absolute atomic E-state index is 12.8. The Morgan fingerprint density at radius 1 is 1.00 bits per heavy atom. The number of rotatable bonds is 4. The van der Waals surface area contributed by atoms with Crippen molar-refractivity contribution in [2.45, 2.75) is 46.6 Å². The largest absolute Gasteiger partial charge is 0.348 e. The van der Waals surface area contributed by atoms with Gasteiger partial charge in [0.05, 0.1) is 0 Å². The van der Waals surface area contributed by atoms with E-state index >= 15 is 0 Å². The number of likely N-dealkylation sites (tertiary alicyclic amines) is 1. The van der Waals surface area contributed by atoms with Crippen LogP contribution in [0.1, 0.15) is 60.0 Å². The number of amides is 3. The zero-order valence-corrected chi connectivity index (χ0v) is 18.4. The van der Waals surface area contributed by atoms with E-state index < -0.39 is 5.41 Å². The lowest BCUT2D eigenvalue weighted by Gasteiger charge is -2.32. The van der Waals surface area contributed by atoms with Gasteiger partial charge < -0.3 is 15.5 Å². The summed E-state index contributed by atoms with van der Waals surface area (Å²) in [5, 5.41) is 5.65. The molecular weight excluding hydrogens is 394 g/mol. The van der Waals surface area contributed by atoms with Crippen molar-refractivity contribution in [3.05, 3.63) is 53.5 Å². The summed E-state index contributed by atoms with van der Waals surface area (Å²) in [6.45, 7) is 8.45. The quantitative estimate of drug-likeness (QED) is 0.787. The minimum Gasteiger partial charge on any atom is -0.348 e. The van der Waals surface area contributed by atoms with Gasteiger partial charge in [-0.3, -0.25) is 14.4 Å². The van der Waals surface area contributed by atoms with Crippen molar-refractivity contribution in [1.82, 2.24) is 20.2 Å². The van der Waals surface area contributed by atoms with Gasteiger partial charge in [0.2, 0.25) is 5.91 Å². The minimum atomic E-state index is -0.623. The lowest BCUT2D eigenvalue weighted by molar-refractivity contribution is -0.123. The van der Waals surface area contributed by atoms with E-state index in [9.17, 15) is 14.4 Å². The minimum absolute atomic E-state index is 0.00545. The summed E-state index contributed by atoms with van der Waals surface area (Å²) in [6, 6.07) is 7.46. The number of nitrogens with zero attached hydrogens (tertiary/aromatic N) is 3. The van der Waals surface area contributed by atoms with Gasteiger partial charge in [-0.2, -0.15) is 0 Å². The van der Waals surface area contributed by atoms with E-state index in [0.717, 1.165) is 5.56 Å². The van der Waals surface area contributed by atoms with Crippen LogP contribution in [0.15, 0.2) is 36.7 Å². The molecule has 0 radical (unpaired) electrons. The molecule has 2 aromatic rings. The van der Waals surface area contributed by atoms with Crippen LogP contribution in [0.4, 0.5) is 5.82 Å². The molecule has 0 spiro atoms. The topological polar surface area (TPSA) is 104 Å². The molecule has 1 aliphatic rings. The summed E-state index contributed by atoms with van der Waals surface area (Å²) in [7, 11) is 0. The van der Waals surface area contributed by atoms with E-state index in [1.54, 1.807) is 20.8 Å². The number of nitrogens with one attached hydrogen (secondary N) is 2. The summed E-state index contributed by atoms with van der Waals surface area (Å²) in [5.74, 6) is -0.483. The number of piperidine rings is 1. The van der Waals surface area contributed by atoms with Crippen LogP contribution in [0, 0.1) is 12.3 Å². The number of aryl methyl sites for hydroxylation is 1. The average molecular weight is 424 g/mol. The second kappa shape index (κ2) is 9.24. The molecule has 0 bridgehead atoms. The van der Waals surface area contributed by atoms with E-state index in [0.29, 0.717) is 31.5 Å². The number of hydrogen-bond acceptors (Lipinski definition) is 5. The van der Waals surface area contributed by atoms with Crippen LogP contribution >= 0.6 is 0 Å². The van der Waals surface area contributed by atoms with Gasteiger partial charge in [-0.15, -0.1) is 0 Å². The van der Waals surface area contributed by atoms with Crippen molar-refractivity contribution in [1.29, 1.82) is 0 Å². The van der Waals surface area contributed by atoms with E-state index in [1.807, 2.05) is 36.1 Å². The molecule has 0 atom stereocenters. The Bertz CT molecular complexity index is 958. The molecule has 1 aliphatic heterocycles. The van der Waals surface area contributed by atoms with Gasteiger partial charge in [0.25, 0.3) is 11.8 Å². The van der Waals surface area contributed by atoms with Gasteiger partial charge in [0, 0.05) is 42.5 Å². The molecule has 0 aliphatic carbocycles. The number of carbonyl (C=O) groups is 3. The smallest absolute Gasteiger partial charge is 0.273 e. The van der Waals surface area contributed by atoms with Crippen LogP contribution in [0.5, 0.6) is 0 Å². The van der Waals surface area contributed by atoms with Gasteiger partial charge in [0.1, 0.15) is 0 Å². The zero-order chi connectivity index (χ0) is 22.6. The first kappa shape index (κ1) is 22.4. The highest BCUT2D eigenvalue weighted by Crippen LogP contribution is 2.19. The summed E-state index contributed by atoms with van der Waals surface area (Å²) in [4.78, 5) is 47.8. The second-order valence-corrected chi connectivity index (χ2v) is 8.86. The van der Waals surface area contributed by atoms with Gasteiger partial charge in [-0.05, 0) is 31.9 Å². The molecule has 8 nitrogen and oxygen atoms in total. The highest BCUT2D eigenvalue weighted by molar-refractivity contribution is 6.02. The number of benzene rings is 1. The molecule has 0 unspecified atom stereocenters. The van der Waals surface area contributed by atoms with Crippen molar-refractivity contribution in [3.63, 3.8) is 0 Å². The van der Waals surface area contributed by atoms with Crippen LogP contribution in [-0.2, 0) is 4.79 Å². The van der Waals surface area contributed by atoms with Crippen LogP contribution < -0.4 is 10.6 Å². The molecule has 31 heavy (non-hydrogen) atoms. The Balaban J connectivity index is 1.59. The summed E-state index contributed by atoms with van der Waals surface area (Å²) >= 11 is 0. The molecule has 164 valence electrons. The third-order valence-corrected chi connectivity index (χ3v) is 5.24. The van der Waals surface area contributed by atoms with Gasteiger partial charge >= 0.3 is 0 Å². The summed E-state index contributed by atoms with van der Waals surface area (Å²) < 4.78 is 0. The lowest BCUT2D eigenvalue weighted by atomic mass is 9.96. The van der Waals surface area contributed by atoms with Crippen molar-refractivity contribution < 1.29 is 14.4 Å². The number of hydrogen-bond donors (Lipinski definition) is 2. The normalized spacial score (nSPS) is 14.8. The molecule has 8 heteroatoms. The molecular formula is C23H29N5O3. The second-order valence-electron chi connectivity index (χ2n) is 8.86. The van der Waals surface area contributed by atoms with E-state index in [4.69, 9.17) is 0 Å². The average Bonchev–Trinajstić information content (AvgIpc) is 2.74. The van der Waals surface area contributed by atoms with E-state index in [1.165, 1.54) is 12.4 Å². The van der Waals surface area contributed by atoms with Crippen LogP contribution in [0.3, 0.4) is 0 Å². The van der Waals surface area contributed by atoms with Gasteiger partial charge in [-0.25, -0.2) is 9.97 Å². The Morgan fingerprint density at radius 3 is 2.23 bits per heavy atom. The predicted octanol–water partition coefficient (Wildman–Crippen LogP) is 2.80. The standard InChI is InChI=1S/C23H29N5O3/c1-15-5-7-16(8-6-15)21(30)28-13-9-17(10-14-28)26-20(29)18-19(25-12-11-24-18)27-22(31)23(2,3)4/h5-8,11-12,17H,9-10,13-14H2,1-4H3,(H,26,29)(H,25,27,31). The fraction of sp³-hybridized carbons (Fsp3) is 0.435. The highest BCUT2D eigenvalue weighted by atomic mass is 16.2. The van der Waals surface area contributed by atoms with Gasteiger partial charge in [0.15, 0.2) is 11.5 Å². The van der Waals surface area contributed by atoms with Crippen LogP contribution in [0.25, 0.3) is 0 Å². The number of carbonyl (C=O) groups excluding carboxylic acids is 3. The fourth-order valence-corrected chi connectivity index (χ4v) is 3.25. The predicted molar refractivity (Wildman–Crippen MR) is 118 cm³/mol. The number of anilines is 1. The van der Waals surface area contributed by atoms with E-state index in [-0.39, 0.29) is 35.3 Å². The Kier molecular flexibility index (Phi) is 6.68. The number of aromatic nitrogens is 2. The Labute approximate surface area is 182 Å².